The van der Waals surface area contributed by atoms with E-state index in [0.717, 1.165) is 37.7 Å². The maximum Gasteiger partial charge on any atom is 0.122 e. The molecule has 0 aliphatic carbocycles. The van der Waals surface area contributed by atoms with Crippen LogP contribution in [0.5, 0.6) is 11.5 Å². The lowest BCUT2D eigenvalue weighted by atomic mass is 10.3. The van der Waals surface area contributed by atoms with Crippen molar-refractivity contribution in [3.05, 3.63) is 24.3 Å². The van der Waals surface area contributed by atoms with Gasteiger partial charge in [0.25, 0.3) is 0 Å². The smallest absolute Gasteiger partial charge is 0.122 e. The van der Waals surface area contributed by atoms with Gasteiger partial charge in [0.1, 0.15) is 11.5 Å². The van der Waals surface area contributed by atoms with E-state index in [9.17, 15) is 0 Å². The van der Waals surface area contributed by atoms with Crippen molar-refractivity contribution in [1.82, 2.24) is 5.32 Å². The van der Waals surface area contributed by atoms with E-state index in [0.29, 0.717) is 13.2 Å². The Morgan fingerprint density at radius 2 is 1.83 bits per heavy atom. The summed E-state index contributed by atoms with van der Waals surface area (Å²) < 4.78 is 16.4. The number of likely N-dealkylation sites (N-methyl/N-ethyl adjacent to an activating group) is 1. The second-order valence-corrected chi connectivity index (χ2v) is 3.83. The van der Waals surface area contributed by atoms with Gasteiger partial charge in [-0.25, -0.2) is 0 Å². The molecule has 0 heterocycles. The quantitative estimate of drug-likeness (QED) is 0.648. The van der Waals surface area contributed by atoms with Crippen LogP contribution >= 0.6 is 0 Å². The molecule has 0 radical (unpaired) electrons. The van der Waals surface area contributed by atoms with Crippen molar-refractivity contribution in [2.75, 3.05) is 40.0 Å². The average molecular weight is 253 g/mol. The maximum absolute atomic E-state index is 5.62. The highest BCUT2D eigenvalue weighted by Crippen LogP contribution is 2.19. The number of rotatable bonds is 10. The van der Waals surface area contributed by atoms with Gasteiger partial charge >= 0.3 is 0 Å². The van der Waals surface area contributed by atoms with Crippen LogP contribution in [0.4, 0.5) is 0 Å². The first kappa shape index (κ1) is 14.8. The third-order valence-electron chi connectivity index (χ3n) is 2.31. The van der Waals surface area contributed by atoms with E-state index >= 15 is 0 Å². The first-order chi connectivity index (χ1) is 8.86. The number of ether oxygens (including phenoxy) is 3. The standard InChI is InChI=1S/C14H23NO3/c1-3-17-13-6-4-7-14(12-13)18-10-5-9-16-11-8-15-2/h4,6-7,12,15H,3,5,8-11H2,1-2H3. The predicted octanol–water partition coefficient (Wildman–Crippen LogP) is 2.09. The Morgan fingerprint density at radius 3 is 2.56 bits per heavy atom. The minimum atomic E-state index is 0.662. The lowest BCUT2D eigenvalue weighted by Crippen LogP contribution is -2.15. The molecule has 0 spiro atoms. The van der Waals surface area contributed by atoms with Crippen LogP contribution in [0.3, 0.4) is 0 Å². The van der Waals surface area contributed by atoms with Crippen molar-refractivity contribution in [2.24, 2.45) is 0 Å². The minimum Gasteiger partial charge on any atom is -0.494 e. The van der Waals surface area contributed by atoms with Crippen molar-refractivity contribution in [3.8, 4) is 11.5 Å². The first-order valence-corrected chi connectivity index (χ1v) is 6.44. The van der Waals surface area contributed by atoms with Gasteiger partial charge in [0.15, 0.2) is 0 Å². The summed E-state index contributed by atoms with van der Waals surface area (Å²) in [7, 11) is 1.91. The monoisotopic (exact) mass is 253 g/mol. The molecule has 0 aliphatic heterocycles. The molecule has 0 bridgehead atoms. The fourth-order valence-electron chi connectivity index (χ4n) is 1.45. The average Bonchev–Trinajstić information content (AvgIpc) is 2.39. The van der Waals surface area contributed by atoms with Crippen LogP contribution in [-0.4, -0.2) is 40.0 Å². The molecule has 0 saturated heterocycles. The summed E-state index contributed by atoms with van der Waals surface area (Å²) in [6.07, 6.45) is 0.891. The van der Waals surface area contributed by atoms with Crippen molar-refractivity contribution in [1.29, 1.82) is 0 Å². The zero-order valence-corrected chi connectivity index (χ0v) is 11.3. The highest BCUT2D eigenvalue weighted by molar-refractivity contribution is 5.32. The molecule has 18 heavy (non-hydrogen) atoms. The fourth-order valence-corrected chi connectivity index (χ4v) is 1.45. The molecule has 1 rings (SSSR count). The minimum absolute atomic E-state index is 0.662. The summed E-state index contributed by atoms with van der Waals surface area (Å²) in [4.78, 5) is 0. The summed E-state index contributed by atoms with van der Waals surface area (Å²) in [5.41, 5.74) is 0. The van der Waals surface area contributed by atoms with Crippen LogP contribution in [0.1, 0.15) is 13.3 Å². The third kappa shape index (κ3) is 6.47. The van der Waals surface area contributed by atoms with E-state index < -0.39 is 0 Å². The Balaban J connectivity index is 2.13. The summed E-state index contributed by atoms with van der Waals surface area (Å²) >= 11 is 0. The van der Waals surface area contributed by atoms with Crippen LogP contribution in [0.15, 0.2) is 24.3 Å². The summed E-state index contributed by atoms with van der Waals surface area (Å²) in [5, 5.41) is 3.03. The number of benzene rings is 1. The molecule has 4 nitrogen and oxygen atoms in total. The molecular formula is C14H23NO3. The van der Waals surface area contributed by atoms with Crippen molar-refractivity contribution in [2.45, 2.75) is 13.3 Å². The van der Waals surface area contributed by atoms with Crippen LogP contribution in [-0.2, 0) is 4.74 Å². The first-order valence-electron chi connectivity index (χ1n) is 6.44. The van der Waals surface area contributed by atoms with E-state index in [1.54, 1.807) is 0 Å². The van der Waals surface area contributed by atoms with Gasteiger partial charge in [-0.05, 0) is 26.1 Å². The fraction of sp³-hybridized carbons (Fsp3) is 0.571. The van der Waals surface area contributed by atoms with Gasteiger partial charge in [0.2, 0.25) is 0 Å². The topological polar surface area (TPSA) is 39.7 Å². The van der Waals surface area contributed by atoms with Gasteiger partial charge in [0, 0.05) is 25.6 Å². The van der Waals surface area contributed by atoms with Crippen LogP contribution < -0.4 is 14.8 Å². The highest BCUT2D eigenvalue weighted by atomic mass is 16.5. The van der Waals surface area contributed by atoms with E-state index in [4.69, 9.17) is 14.2 Å². The predicted molar refractivity (Wildman–Crippen MR) is 72.5 cm³/mol. The molecular weight excluding hydrogens is 230 g/mol. The van der Waals surface area contributed by atoms with Crippen molar-refractivity contribution >= 4 is 0 Å². The second-order valence-electron chi connectivity index (χ2n) is 3.83. The molecule has 0 saturated carbocycles. The maximum atomic E-state index is 5.62. The Kier molecular flexibility index (Phi) is 8.01. The Bertz CT molecular complexity index is 318. The van der Waals surface area contributed by atoms with Gasteiger partial charge in [-0.2, -0.15) is 0 Å². The molecule has 0 aliphatic rings. The van der Waals surface area contributed by atoms with Gasteiger partial charge in [-0.15, -0.1) is 0 Å². The summed E-state index contributed by atoms with van der Waals surface area (Å²) in [5.74, 6) is 1.69. The SMILES string of the molecule is CCOc1cccc(OCCCOCCNC)c1. The molecule has 0 amide bonds. The molecule has 1 aromatic carbocycles. The highest BCUT2D eigenvalue weighted by Gasteiger charge is 1.97. The number of hydrogen-bond donors (Lipinski definition) is 1. The Morgan fingerprint density at radius 1 is 1.06 bits per heavy atom. The van der Waals surface area contributed by atoms with Crippen molar-refractivity contribution in [3.63, 3.8) is 0 Å². The van der Waals surface area contributed by atoms with E-state index in [2.05, 4.69) is 5.32 Å². The van der Waals surface area contributed by atoms with E-state index in [1.165, 1.54) is 0 Å². The molecule has 0 aromatic heterocycles. The number of nitrogens with one attached hydrogen (secondary N) is 1. The molecule has 102 valence electrons. The molecule has 4 heteroatoms. The third-order valence-corrected chi connectivity index (χ3v) is 2.31. The van der Waals surface area contributed by atoms with Gasteiger partial charge < -0.3 is 19.5 Å². The molecule has 0 atom stereocenters. The molecule has 0 fully saturated rings. The summed E-state index contributed by atoms with van der Waals surface area (Å²) in [6.45, 7) is 5.66. The molecule has 0 unspecified atom stereocenters. The second kappa shape index (κ2) is 9.74. The Hall–Kier alpha value is -1.26. The van der Waals surface area contributed by atoms with Crippen LogP contribution in [0.2, 0.25) is 0 Å². The van der Waals surface area contributed by atoms with Gasteiger partial charge in [-0.3, -0.25) is 0 Å². The lowest BCUT2D eigenvalue weighted by Gasteiger charge is -2.08. The van der Waals surface area contributed by atoms with Crippen molar-refractivity contribution < 1.29 is 14.2 Å². The molecule has 1 N–H and O–H groups in total. The van der Waals surface area contributed by atoms with Gasteiger partial charge in [-0.1, -0.05) is 6.07 Å². The lowest BCUT2D eigenvalue weighted by molar-refractivity contribution is 0.122. The van der Waals surface area contributed by atoms with Crippen LogP contribution in [0, 0.1) is 0 Å². The zero-order valence-electron chi connectivity index (χ0n) is 11.3. The van der Waals surface area contributed by atoms with E-state index in [-0.39, 0.29) is 0 Å². The molecule has 1 aromatic rings. The Labute approximate surface area is 109 Å². The van der Waals surface area contributed by atoms with Crippen LogP contribution in [0.25, 0.3) is 0 Å². The van der Waals surface area contributed by atoms with E-state index in [1.807, 2.05) is 38.2 Å². The van der Waals surface area contributed by atoms with Gasteiger partial charge in [0.05, 0.1) is 19.8 Å². The number of hydrogen-bond acceptors (Lipinski definition) is 4. The largest absolute Gasteiger partial charge is 0.494 e. The summed E-state index contributed by atoms with van der Waals surface area (Å²) in [6, 6.07) is 7.71. The zero-order chi connectivity index (χ0) is 13.1. The normalized spacial score (nSPS) is 10.3.